The molecule has 3 N–H and O–H groups in total. The summed E-state index contributed by atoms with van der Waals surface area (Å²) >= 11 is 0. The number of hydrogen-bond donors (Lipinski definition) is 3. The summed E-state index contributed by atoms with van der Waals surface area (Å²) < 4.78 is 0. The van der Waals surface area contributed by atoms with Gasteiger partial charge in [0.2, 0.25) is 0 Å². The second kappa shape index (κ2) is 6.02. The molecule has 21 heavy (non-hydrogen) atoms. The van der Waals surface area contributed by atoms with E-state index in [0.29, 0.717) is 6.54 Å². The zero-order chi connectivity index (χ0) is 15.6. The number of carbonyl (C=O) groups excluding carboxylic acids is 1. The number of anilines is 1. The van der Waals surface area contributed by atoms with Crippen LogP contribution in [-0.4, -0.2) is 62.8 Å². The van der Waals surface area contributed by atoms with Gasteiger partial charge in [-0.2, -0.15) is 0 Å². The van der Waals surface area contributed by atoms with Crippen LogP contribution in [0, 0.1) is 10.1 Å². The van der Waals surface area contributed by atoms with Crippen molar-refractivity contribution in [3.05, 3.63) is 27.9 Å². The third-order valence-corrected chi connectivity index (χ3v) is 3.20. The van der Waals surface area contributed by atoms with Gasteiger partial charge in [-0.05, 0) is 6.92 Å². The van der Waals surface area contributed by atoms with Crippen molar-refractivity contribution >= 4 is 17.4 Å². The number of β-amino-alcohol motifs (C(OH)–C–C–N with tert-alkyl or cyclic N) is 2. The number of likely N-dealkylation sites (tertiary alicyclic amines) is 1. The molecule has 2 atom stereocenters. The van der Waals surface area contributed by atoms with Crippen LogP contribution >= 0.6 is 0 Å². The Labute approximate surface area is 120 Å². The molecule has 0 aromatic carbocycles. The highest BCUT2D eigenvalue weighted by Crippen LogP contribution is 2.23. The predicted octanol–water partition coefficient (Wildman–Crippen LogP) is -0.401. The summed E-state index contributed by atoms with van der Waals surface area (Å²) in [6.07, 6.45) is -0.950. The zero-order valence-corrected chi connectivity index (χ0v) is 11.4. The molecule has 0 radical (unpaired) electrons. The largest absolute Gasteiger partial charge is 0.388 e. The maximum Gasteiger partial charge on any atom is 0.288 e. The number of nitrogens with one attached hydrogen (secondary N) is 1. The predicted molar refractivity (Wildman–Crippen MR) is 73.0 cm³/mol. The van der Waals surface area contributed by atoms with Gasteiger partial charge in [-0.15, -0.1) is 0 Å². The smallest absolute Gasteiger partial charge is 0.288 e. The van der Waals surface area contributed by atoms with E-state index in [0.717, 1.165) is 12.3 Å². The third kappa shape index (κ3) is 3.09. The highest BCUT2D eigenvalue weighted by Gasteiger charge is 2.34. The number of hydrogen-bond acceptors (Lipinski definition) is 7. The summed E-state index contributed by atoms with van der Waals surface area (Å²) in [5.74, 6) is -0.276. The summed E-state index contributed by atoms with van der Waals surface area (Å²) in [6.45, 7) is 2.26. The van der Waals surface area contributed by atoms with Gasteiger partial charge in [0.15, 0.2) is 0 Å². The molecule has 0 saturated carbocycles. The van der Waals surface area contributed by atoms with E-state index in [9.17, 15) is 25.1 Å². The summed E-state index contributed by atoms with van der Waals surface area (Å²) in [4.78, 5) is 27.7. The molecule has 9 nitrogen and oxygen atoms in total. The molecule has 0 bridgehead atoms. The summed E-state index contributed by atoms with van der Waals surface area (Å²) in [6, 6.07) is 1.14. The monoisotopic (exact) mass is 296 g/mol. The minimum atomic E-state index is -1.01. The second-order valence-electron chi connectivity index (χ2n) is 4.72. The summed E-state index contributed by atoms with van der Waals surface area (Å²) in [5, 5.41) is 32.7. The van der Waals surface area contributed by atoms with Crippen LogP contribution < -0.4 is 5.32 Å². The number of aliphatic hydroxyl groups excluding tert-OH is 2. The Kier molecular flexibility index (Phi) is 4.34. The van der Waals surface area contributed by atoms with Crippen LogP contribution in [0.1, 0.15) is 17.3 Å². The van der Waals surface area contributed by atoms with Crippen molar-refractivity contribution < 1.29 is 19.9 Å². The molecular formula is C12H16N4O5. The number of nitro groups is 1. The van der Waals surface area contributed by atoms with Gasteiger partial charge in [0, 0.05) is 25.7 Å². The molecule has 1 fully saturated rings. The van der Waals surface area contributed by atoms with Crippen LogP contribution in [0.25, 0.3) is 0 Å². The summed E-state index contributed by atoms with van der Waals surface area (Å²) in [7, 11) is 0. The van der Waals surface area contributed by atoms with Crippen molar-refractivity contribution in [2.24, 2.45) is 0 Å². The first-order valence-electron chi connectivity index (χ1n) is 6.47. The number of carbonyl (C=O) groups is 1. The summed E-state index contributed by atoms with van der Waals surface area (Å²) in [5.41, 5.74) is -0.243. The molecule has 114 valence electrons. The van der Waals surface area contributed by atoms with E-state index >= 15 is 0 Å². The molecular weight excluding hydrogens is 280 g/mol. The lowest BCUT2D eigenvalue weighted by Gasteiger charge is -2.17. The van der Waals surface area contributed by atoms with Crippen molar-refractivity contribution in [2.75, 3.05) is 25.0 Å². The van der Waals surface area contributed by atoms with Crippen LogP contribution in [0.3, 0.4) is 0 Å². The minimum absolute atomic E-state index is 0.0196. The second-order valence-corrected chi connectivity index (χ2v) is 4.72. The highest BCUT2D eigenvalue weighted by atomic mass is 16.6. The first kappa shape index (κ1) is 15.1. The Hall–Kier alpha value is -2.26. The first-order valence-corrected chi connectivity index (χ1v) is 6.47. The van der Waals surface area contributed by atoms with E-state index in [4.69, 9.17) is 0 Å². The van der Waals surface area contributed by atoms with Gasteiger partial charge in [0.1, 0.15) is 12.0 Å². The molecule has 0 aliphatic carbocycles. The molecule has 1 aromatic heterocycles. The lowest BCUT2D eigenvalue weighted by atomic mass is 10.2. The standard InChI is InChI=1S/C12H16N4O5/c1-2-13-11-8(3-7(4-14-11)16(20)21)12(19)15-5-9(17)10(18)6-15/h3-4,9-10,17-18H,2,5-6H2,1H3,(H,13,14). The van der Waals surface area contributed by atoms with Crippen LogP contribution in [0.5, 0.6) is 0 Å². The van der Waals surface area contributed by atoms with Crippen molar-refractivity contribution in [3.63, 3.8) is 0 Å². The van der Waals surface area contributed by atoms with Gasteiger partial charge in [0.05, 0.1) is 22.7 Å². The van der Waals surface area contributed by atoms with Crippen molar-refractivity contribution in [2.45, 2.75) is 19.1 Å². The van der Waals surface area contributed by atoms with E-state index in [1.807, 2.05) is 0 Å². The Morgan fingerprint density at radius 3 is 2.67 bits per heavy atom. The van der Waals surface area contributed by atoms with E-state index in [-0.39, 0.29) is 30.2 Å². The SMILES string of the molecule is CCNc1ncc([N+](=O)[O-])cc1C(=O)N1CC(O)C(O)C1. The first-order chi connectivity index (χ1) is 9.93. The molecule has 2 unspecified atom stereocenters. The van der Waals surface area contributed by atoms with Crippen molar-refractivity contribution in [1.82, 2.24) is 9.88 Å². The maximum absolute atomic E-state index is 12.4. The molecule has 2 rings (SSSR count). The molecule has 1 saturated heterocycles. The van der Waals surface area contributed by atoms with Gasteiger partial charge in [-0.1, -0.05) is 0 Å². The topological polar surface area (TPSA) is 129 Å². The van der Waals surface area contributed by atoms with Crippen LogP contribution in [-0.2, 0) is 0 Å². The van der Waals surface area contributed by atoms with Gasteiger partial charge < -0.3 is 20.4 Å². The number of pyridine rings is 1. The molecule has 1 aliphatic heterocycles. The van der Waals surface area contributed by atoms with Gasteiger partial charge in [-0.3, -0.25) is 14.9 Å². The Morgan fingerprint density at radius 1 is 1.52 bits per heavy atom. The number of amides is 1. The molecule has 1 aromatic rings. The normalized spacial score (nSPS) is 21.4. The van der Waals surface area contributed by atoms with E-state index in [1.165, 1.54) is 4.90 Å². The fourth-order valence-corrected chi connectivity index (χ4v) is 2.13. The van der Waals surface area contributed by atoms with Crippen molar-refractivity contribution in [1.29, 1.82) is 0 Å². The minimum Gasteiger partial charge on any atom is -0.388 e. The van der Waals surface area contributed by atoms with E-state index < -0.39 is 23.0 Å². The Balaban J connectivity index is 2.33. The molecule has 1 aliphatic rings. The van der Waals surface area contributed by atoms with Gasteiger partial charge in [-0.25, -0.2) is 4.98 Å². The number of aromatic nitrogens is 1. The number of rotatable bonds is 4. The quantitative estimate of drug-likeness (QED) is 0.509. The molecule has 1 amide bonds. The average molecular weight is 296 g/mol. The van der Waals surface area contributed by atoms with Crippen LogP contribution in [0.2, 0.25) is 0 Å². The lowest BCUT2D eigenvalue weighted by molar-refractivity contribution is -0.385. The third-order valence-electron chi connectivity index (χ3n) is 3.20. The zero-order valence-electron chi connectivity index (χ0n) is 11.4. The molecule has 9 heteroatoms. The van der Waals surface area contributed by atoms with Crippen LogP contribution in [0.15, 0.2) is 12.3 Å². The number of nitrogens with zero attached hydrogens (tertiary/aromatic N) is 3. The average Bonchev–Trinajstić information content (AvgIpc) is 2.78. The van der Waals surface area contributed by atoms with Crippen LogP contribution in [0.4, 0.5) is 11.5 Å². The maximum atomic E-state index is 12.4. The Morgan fingerprint density at radius 2 is 2.14 bits per heavy atom. The highest BCUT2D eigenvalue weighted by molar-refractivity contribution is 5.99. The fraction of sp³-hybridized carbons (Fsp3) is 0.500. The molecule has 0 spiro atoms. The van der Waals surface area contributed by atoms with E-state index in [1.54, 1.807) is 6.92 Å². The fourth-order valence-electron chi connectivity index (χ4n) is 2.13. The van der Waals surface area contributed by atoms with Gasteiger partial charge >= 0.3 is 0 Å². The Bertz CT molecular complexity index is 555. The van der Waals surface area contributed by atoms with Crippen molar-refractivity contribution in [3.8, 4) is 0 Å². The van der Waals surface area contributed by atoms with E-state index in [2.05, 4.69) is 10.3 Å². The number of aliphatic hydroxyl groups is 2. The van der Waals surface area contributed by atoms with Gasteiger partial charge in [0.25, 0.3) is 11.6 Å². The molecule has 2 heterocycles. The lowest BCUT2D eigenvalue weighted by Crippen LogP contribution is -2.30.